The molecule has 0 bridgehead atoms. The summed E-state index contributed by atoms with van der Waals surface area (Å²) in [4.78, 5) is 0. The first-order valence-electron chi connectivity index (χ1n) is 12.9. The third kappa shape index (κ3) is 3.69. The van der Waals surface area contributed by atoms with Crippen LogP contribution in [0.3, 0.4) is 0 Å². The molecule has 1 unspecified atom stereocenters. The number of aliphatic hydroxyl groups is 3. The Balaban J connectivity index is 1.51. The summed E-state index contributed by atoms with van der Waals surface area (Å²) in [6.45, 7) is 9.17. The number of halogens is 2. The highest BCUT2D eigenvalue weighted by Gasteiger charge is 2.61. The Labute approximate surface area is 192 Å². The van der Waals surface area contributed by atoms with Crippen LogP contribution in [0.4, 0.5) is 8.78 Å². The summed E-state index contributed by atoms with van der Waals surface area (Å²) in [5.41, 5.74) is -0.804. The van der Waals surface area contributed by atoms with Gasteiger partial charge in [0, 0.05) is 18.3 Å². The van der Waals surface area contributed by atoms with Crippen molar-refractivity contribution in [2.75, 3.05) is 0 Å². The first-order valence-corrected chi connectivity index (χ1v) is 12.9. The summed E-state index contributed by atoms with van der Waals surface area (Å²) in [5, 5.41) is 31.1. The van der Waals surface area contributed by atoms with E-state index in [9.17, 15) is 24.1 Å². The Morgan fingerprint density at radius 2 is 1.81 bits per heavy atom. The summed E-state index contributed by atoms with van der Waals surface area (Å²) in [7, 11) is 0. The van der Waals surface area contributed by atoms with Gasteiger partial charge in [0.1, 0.15) is 5.60 Å². The first kappa shape index (κ1) is 24.6. The molecule has 0 radical (unpaired) electrons. The average molecular weight is 455 g/mol. The maximum absolute atomic E-state index is 14.4. The van der Waals surface area contributed by atoms with E-state index in [1.807, 2.05) is 0 Å². The van der Waals surface area contributed by atoms with Crippen molar-refractivity contribution in [2.45, 2.75) is 116 Å². The molecule has 0 aliphatic heterocycles. The van der Waals surface area contributed by atoms with Crippen molar-refractivity contribution >= 4 is 0 Å². The van der Waals surface area contributed by atoms with E-state index < -0.39 is 23.7 Å². The van der Waals surface area contributed by atoms with Crippen LogP contribution in [0.5, 0.6) is 0 Å². The second-order valence-electron chi connectivity index (χ2n) is 12.7. The van der Waals surface area contributed by atoms with E-state index in [0.29, 0.717) is 42.9 Å². The largest absolute Gasteiger partial charge is 0.393 e. The zero-order valence-electron chi connectivity index (χ0n) is 20.6. The predicted molar refractivity (Wildman–Crippen MR) is 122 cm³/mol. The van der Waals surface area contributed by atoms with Crippen LogP contribution in [0.15, 0.2) is 11.6 Å². The highest BCUT2D eigenvalue weighted by molar-refractivity contribution is 5.27. The molecule has 0 amide bonds. The minimum absolute atomic E-state index is 0.158. The molecule has 184 valence electrons. The Hall–Kier alpha value is -0.520. The maximum atomic E-state index is 14.4. The van der Waals surface area contributed by atoms with Crippen molar-refractivity contribution in [3.63, 3.8) is 0 Å². The molecule has 4 aliphatic carbocycles. The molecular weight excluding hydrogens is 410 g/mol. The monoisotopic (exact) mass is 454 g/mol. The third-order valence-corrected chi connectivity index (χ3v) is 10.7. The number of alkyl halides is 2. The zero-order valence-corrected chi connectivity index (χ0v) is 20.6. The van der Waals surface area contributed by atoms with Crippen molar-refractivity contribution in [3.05, 3.63) is 11.6 Å². The average Bonchev–Trinajstić information content (AvgIpc) is 3.04. The van der Waals surface area contributed by atoms with Crippen LogP contribution in [-0.2, 0) is 0 Å². The molecule has 4 aliphatic rings. The second kappa shape index (κ2) is 8.02. The zero-order chi connectivity index (χ0) is 23.7. The minimum Gasteiger partial charge on any atom is -0.393 e. The van der Waals surface area contributed by atoms with Gasteiger partial charge in [-0.3, -0.25) is 0 Å². The van der Waals surface area contributed by atoms with Crippen molar-refractivity contribution in [1.82, 2.24) is 0 Å². The van der Waals surface area contributed by atoms with E-state index in [4.69, 9.17) is 0 Å². The van der Waals surface area contributed by atoms with E-state index in [2.05, 4.69) is 26.8 Å². The van der Waals surface area contributed by atoms with Gasteiger partial charge in [0.15, 0.2) is 0 Å². The van der Waals surface area contributed by atoms with Gasteiger partial charge < -0.3 is 15.3 Å². The topological polar surface area (TPSA) is 60.7 Å². The Morgan fingerprint density at radius 1 is 1.12 bits per heavy atom. The van der Waals surface area contributed by atoms with E-state index >= 15 is 0 Å². The maximum Gasteiger partial charge on any atom is 0.275 e. The third-order valence-electron chi connectivity index (χ3n) is 10.7. The minimum atomic E-state index is -3.07. The summed E-state index contributed by atoms with van der Waals surface area (Å²) < 4.78 is 28.8. The van der Waals surface area contributed by atoms with E-state index in [1.165, 1.54) is 19.4 Å². The van der Waals surface area contributed by atoms with E-state index in [-0.39, 0.29) is 23.2 Å². The van der Waals surface area contributed by atoms with Gasteiger partial charge in [0.2, 0.25) is 0 Å². The van der Waals surface area contributed by atoms with Crippen LogP contribution in [0, 0.1) is 40.4 Å². The lowest BCUT2D eigenvalue weighted by Gasteiger charge is -2.59. The van der Waals surface area contributed by atoms with Gasteiger partial charge >= 0.3 is 0 Å². The molecule has 0 saturated heterocycles. The van der Waals surface area contributed by atoms with E-state index in [0.717, 1.165) is 32.1 Å². The van der Waals surface area contributed by atoms with Crippen molar-refractivity contribution < 1.29 is 24.1 Å². The molecule has 0 spiro atoms. The smallest absolute Gasteiger partial charge is 0.275 e. The molecule has 0 aromatic heterocycles. The fraction of sp³-hybridized carbons (Fsp3) is 0.926. The molecule has 4 rings (SSSR count). The first-order chi connectivity index (χ1) is 14.7. The molecule has 0 aromatic carbocycles. The summed E-state index contributed by atoms with van der Waals surface area (Å²) in [5.74, 6) is -0.896. The number of rotatable bonds is 5. The molecule has 3 nitrogen and oxygen atoms in total. The highest BCUT2D eigenvalue weighted by Crippen LogP contribution is 2.67. The Morgan fingerprint density at radius 3 is 2.47 bits per heavy atom. The van der Waals surface area contributed by atoms with E-state index in [1.54, 1.807) is 0 Å². The lowest BCUT2D eigenvalue weighted by molar-refractivity contribution is -0.168. The quantitative estimate of drug-likeness (QED) is 0.466. The number of hydrogen-bond acceptors (Lipinski definition) is 3. The summed E-state index contributed by atoms with van der Waals surface area (Å²) in [6, 6.07) is 0. The molecule has 9 atom stereocenters. The SMILES string of the molecule is C[C@H](CCC(F)(F)C(C)(C)O)[C@H]1CC[C@H]2[C@@H]3CC=C4CC(O)C[C@H](O)[C@]4(C)[C@H]3CC[C@]12C. The normalized spacial score (nSPS) is 45.5. The van der Waals surface area contributed by atoms with Gasteiger partial charge in [-0.1, -0.05) is 32.4 Å². The molecule has 3 N–H and O–H groups in total. The van der Waals surface area contributed by atoms with Crippen molar-refractivity contribution in [1.29, 1.82) is 0 Å². The van der Waals surface area contributed by atoms with Gasteiger partial charge in [0.25, 0.3) is 5.92 Å². The lowest BCUT2D eigenvalue weighted by atomic mass is 9.46. The lowest BCUT2D eigenvalue weighted by Crippen LogP contribution is -2.55. The molecular formula is C27H44F2O3. The Bertz CT molecular complexity index is 744. The number of fused-ring (bicyclic) bond motifs is 5. The van der Waals surface area contributed by atoms with Crippen LogP contribution in [0.25, 0.3) is 0 Å². The standard InChI is InChI=1S/C27H44F2O3/c1-16(10-13-27(28,29)24(2,3)32)20-8-9-21-19-7-6-17-14-18(30)15-23(31)26(17,5)22(19)11-12-25(20,21)4/h6,16,18-23,30-32H,7-15H2,1-5H3/t16-,18?,19+,20-,21+,22+,23+,25-,26+/m1/s1. The predicted octanol–water partition coefficient (Wildman–Crippen LogP) is 5.72. The molecule has 32 heavy (non-hydrogen) atoms. The molecule has 0 aromatic rings. The van der Waals surface area contributed by atoms with Crippen molar-refractivity contribution in [2.24, 2.45) is 40.4 Å². The van der Waals surface area contributed by atoms with Crippen LogP contribution < -0.4 is 0 Å². The Kier molecular flexibility index (Phi) is 6.16. The summed E-state index contributed by atoms with van der Waals surface area (Å²) in [6.07, 6.45) is 8.14. The van der Waals surface area contributed by atoms with Crippen LogP contribution in [0.2, 0.25) is 0 Å². The fourth-order valence-corrected chi connectivity index (χ4v) is 8.59. The fourth-order valence-electron chi connectivity index (χ4n) is 8.59. The van der Waals surface area contributed by atoms with Crippen molar-refractivity contribution in [3.8, 4) is 0 Å². The highest BCUT2D eigenvalue weighted by atomic mass is 19.3. The summed E-state index contributed by atoms with van der Waals surface area (Å²) >= 11 is 0. The van der Waals surface area contributed by atoms with Crippen LogP contribution in [0.1, 0.15) is 92.4 Å². The van der Waals surface area contributed by atoms with Crippen LogP contribution >= 0.6 is 0 Å². The van der Waals surface area contributed by atoms with Gasteiger partial charge in [-0.15, -0.1) is 0 Å². The van der Waals surface area contributed by atoms with Gasteiger partial charge in [-0.25, -0.2) is 8.78 Å². The molecule has 3 fully saturated rings. The molecule has 5 heteroatoms. The number of aliphatic hydroxyl groups excluding tert-OH is 2. The van der Waals surface area contributed by atoms with Gasteiger partial charge in [-0.2, -0.15) is 0 Å². The van der Waals surface area contributed by atoms with Gasteiger partial charge in [-0.05, 0) is 93.8 Å². The van der Waals surface area contributed by atoms with Crippen LogP contribution in [-0.4, -0.2) is 39.1 Å². The second-order valence-corrected chi connectivity index (χ2v) is 12.7. The number of allylic oxidation sites excluding steroid dienone is 1. The number of hydrogen-bond donors (Lipinski definition) is 3. The molecule has 0 heterocycles. The van der Waals surface area contributed by atoms with Gasteiger partial charge in [0.05, 0.1) is 12.2 Å². The molecule has 3 saturated carbocycles.